The van der Waals surface area contributed by atoms with E-state index in [1.54, 1.807) is 48.7 Å². The smallest absolute Gasteiger partial charge is 0.287 e. The van der Waals surface area contributed by atoms with Gasteiger partial charge in [0.1, 0.15) is 52.7 Å². The van der Waals surface area contributed by atoms with Crippen LogP contribution in [0.4, 0.5) is 87.8 Å². The van der Waals surface area contributed by atoms with E-state index >= 15 is 35.1 Å². The summed E-state index contributed by atoms with van der Waals surface area (Å²) in [5.74, 6) is -72.2. The van der Waals surface area contributed by atoms with Crippen molar-refractivity contribution in [2.45, 2.75) is 6.54 Å². The molecule has 0 aliphatic rings. The lowest BCUT2D eigenvalue weighted by molar-refractivity contribution is -0.684. The number of ketones is 2. The average Bonchev–Trinajstić information content (AvgIpc) is 3.33. The van der Waals surface area contributed by atoms with Crippen LogP contribution in [0.25, 0.3) is 10.8 Å². The van der Waals surface area contributed by atoms with Crippen molar-refractivity contribution < 1.29 is 107 Å². The zero-order valence-electron chi connectivity index (χ0n) is 33.4. The number of benzene rings is 6. The molecule has 0 spiro atoms. The number of hydrogen-bond acceptors (Lipinski definition) is 4. The van der Waals surface area contributed by atoms with E-state index in [1.165, 1.54) is 4.57 Å². The van der Waals surface area contributed by atoms with Gasteiger partial charge in [0.25, 0.3) is 18.0 Å². The predicted octanol–water partition coefficient (Wildman–Crippen LogP) is 8.32. The van der Waals surface area contributed by atoms with Crippen LogP contribution in [0.5, 0.6) is 0 Å². The Labute approximate surface area is 374 Å². The van der Waals surface area contributed by atoms with Gasteiger partial charge >= 0.3 is 0 Å². The molecule has 7 rings (SSSR count). The van der Waals surface area contributed by atoms with Gasteiger partial charge in [-0.15, -0.1) is 21.9 Å². The fourth-order valence-corrected chi connectivity index (χ4v) is 7.64. The van der Waals surface area contributed by atoms with E-state index in [0.717, 1.165) is 5.39 Å². The summed E-state index contributed by atoms with van der Waals surface area (Å²) < 4.78 is 295. The number of nitro groups is 1. The third-order valence-electron chi connectivity index (χ3n) is 10.6. The van der Waals surface area contributed by atoms with Crippen molar-refractivity contribution in [3.63, 3.8) is 0 Å². The highest BCUT2D eigenvalue weighted by Gasteiger charge is 2.52. The first-order chi connectivity index (χ1) is 32.8. The van der Waals surface area contributed by atoms with Crippen LogP contribution in [-0.4, -0.2) is 29.2 Å². The van der Waals surface area contributed by atoms with Crippen molar-refractivity contribution in [3.05, 3.63) is 205 Å². The lowest BCUT2D eigenvalue weighted by Crippen LogP contribution is -2.81. The summed E-state index contributed by atoms with van der Waals surface area (Å²) in [6, 6.07) is 17.6. The van der Waals surface area contributed by atoms with Crippen LogP contribution in [0.1, 0.15) is 20.8 Å². The monoisotopic (exact) mass is 1010 g/mol. The van der Waals surface area contributed by atoms with Crippen molar-refractivity contribution in [1.29, 1.82) is 0 Å². The second kappa shape index (κ2) is 19.3. The molecule has 0 radical (unpaired) electrons. The van der Waals surface area contributed by atoms with Crippen molar-refractivity contribution in [3.8, 4) is 0 Å². The maximum absolute atomic E-state index is 15.4. The summed E-state index contributed by atoms with van der Waals surface area (Å²) in [5, 5.41) is 12.2. The second-order valence-electron chi connectivity index (χ2n) is 14.4. The summed E-state index contributed by atoms with van der Waals surface area (Å²) >= 11 is 0. The van der Waals surface area contributed by atoms with Gasteiger partial charge in [0.15, 0.2) is 76.0 Å². The number of pyridine rings is 1. The summed E-state index contributed by atoms with van der Waals surface area (Å²) in [4.78, 5) is 35.0. The summed E-state index contributed by atoms with van der Waals surface area (Å²) in [7, 11) is 0. The standard InChI is InChI=1S/C24BF20.C19H15N2O4/c26-5-1(6(27)14(35)21(42)13(5)34)25(2-7(28)15(36)22(43)16(37)8(2)29,3-9(30)17(38)23(44)18(39)10(3)31)4-11(32)19(40)24(45)20(41)12(4)33;22-17(15-7-2-1-3-8-15)12-20-11-10-14-6-4-5-9-16(14)19(20)18(23)13-21(24)25/h;1-11H,12-13H2/q-1;+1. The van der Waals surface area contributed by atoms with E-state index in [1.807, 2.05) is 18.2 Å². The van der Waals surface area contributed by atoms with Crippen LogP contribution in [0.3, 0.4) is 0 Å². The Balaban J connectivity index is 0.000000270. The van der Waals surface area contributed by atoms with Crippen molar-refractivity contribution in [2.24, 2.45) is 0 Å². The highest BCUT2D eigenvalue weighted by Crippen LogP contribution is 2.31. The number of hydrogen-bond donors (Lipinski definition) is 0. The minimum atomic E-state index is -7.22. The van der Waals surface area contributed by atoms with Crippen LogP contribution in [0.15, 0.2) is 66.9 Å². The minimum Gasteiger partial charge on any atom is -0.287 e. The number of halogens is 20. The molecule has 6 nitrogen and oxygen atoms in total. The SMILES string of the molecule is Fc1c(F)c(F)c([B-](c2c(F)c(F)c(F)c(F)c2F)(c2c(F)c(F)c(F)c(F)c2F)c2c(F)c(F)c(F)c(F)c2F)c(F)c1F.O=C(C[n+]1ccc2ccccc2c1C(=O)C[N+](=O)[O-])c1ccccc1. The Kier molecular flexibility index (Phi) is 14.2. The molecule has 0 amide bonds. The van der Waals surface area contributed by atoms with Crippen molar-refractivity contribution in [2.75, 3.05) is 6.54 Å². The third-order valence-corrected chi connectivity index (χ3v) is 10.6. The first-order valence-corrected chi connectivity index (χ1v) is 18.6. The van der Waals surface area contributed by atoms with Gasteiger partial charge in [0.05, 0.1) is 5.39 Å². The zero-order valence-corrected chi connectivity index (χ0v) is 33.4. The quantitative estimate of drug-likeness (QED) is 0.0202. The van der Waals surface area contributed by atoms with Gasteiger partial charge in [-0.3, -0.25) is 19.7 Å². The molecule has 0 aliphatic carbocycles. The van der Waals surface area contributed by atoms with E-state index in [9.17, 15) is 72.4 Å². The second-order valence-corrected chi connectivity index (χ2v) is 14.4. The molecule has 70 heavy (non-hydrogen) atoms. The average molecular weight is 1010 g/mol. The number of carbonyl (C=O) groups is 2. The van der Waals surface area contributed by atoms with Crippen LogP contribution >= 0.6 is 0 Å². The largest absolute Gasteiger partial charge is 0.297 e. The lowest BCUT2D eigenvalue weighted by Gasteiger charge is -2.44. The molecule has 0 saturated carbocycles. The van der Waals surface area contributed by atoms with Gasteiger partial charge < -0.3 is 0 Å². The first kappa shape index (κ1) is 51.5. The number of nitrogens with zero attached hydrogens (tertiary/aromatic N) is 2. The molecule has 1 heterocycles. The molecule has 27 heteroatoms. The molecular formula is C43H15BF20N2O4. The number of aromatic nitrogens is 1. The van der Waals surface area contributed by atoms with Crippen LogP contribution < -0.4 is 26.4 Å². The fourth-order valence-electron chi connectivity index (χ4n) is 7.64. The molecule has 1 aromatic heterocycles. The Bertz CT molecular complexity index is 2980. The number of fused-ring (bicyclic) bond motifs is 1. The lowest BCUT2D eigenvalue weighted by atomic mass is 9.12. The van der Waals surface area contributed by atoms with Gasteiger partial charge in [-0.25, -0.2) is 87.8 Å². The molecule has 0 unspecified atom stereocenters. The minimum absolute atomic E-state index is 0.0619. The maximum atomic E-state index is 15.4. The Morgan fingerprint density at radius 1 is 0.414 bits per heavy atom. The predicted molar refractivity (Wildman–Crippen MR) is 200 cm³/mol. The summed E-state index contributed by atoms with van der Waals surface area (Å²) in [6.07, 6.45) is -5.60. The van der Waals surface area contributed by atoms with E-state index < -0.39 is 162 Å². The molecular weight excluding hydrogens is 999 g/mol. The fraction of sp³-hybridized carbons (Fsp3) is 0.0465. The van der Waals surface area contributed by atoms with E-state index in [0.29, 0.717) is 10.9 Å². The van der Waals surface area contributed by atoms with Gasteiger partial charge in [-0.2, -0.15) is 4.57 Å². The van der Waals surface area contributed by atoms with Gasteiger partial charge in [-0.1, -0.05) is 48.5 Å². The molecule has 6 aromatic carbocycles. The van der Waals surface area contributed by atoms with E-state index in [2.05, 4.69) is 0 Å². The maximum Gasteiger partial charge on any atom is 0.297 e. The van der Waals surface area contributed by atoms with Gasteiger partial charge in [0, 0.05) is 16.6 Å². The van der Waals surface area contributed by atoms with Crippen LogP contribution in [0.2, 0.25) is 0 Å². The molecule has 0 saturated heterocycles. The topological polar surface area (TPSA) is 81.2 Å². The molecule has 0 fully saturated rings. The first-order valence-electron chi connectivity index (χ1n) is 18.6. The Morgan fingerprint density at radius 2 is 0.714 bits per heavy atom. The Morgan fingerprint density at radius 3 is 1.04 bits per heavy atom. The molecule has 7 aromatic rings. The number of carbonyl (C=O) groups excluding carboxylic acids is 2. The normalized spacial score (nSPS) is 11.5. The number of Topliss-reactive ketones (excluding diaryl/α,β-unsaturated/α-hetero) is 2. The van der Waals surface area contributed by atoms with Gasteiger partial charge in [0.2, 0.25) is 12.3 Å². The van der Waals surface area contributed by atoms with Crippen LogP contribution in [-0.2, 0) is 6.54 Å². The number of rotatable bonds is 10. The third kappa shape index (κ3) is 8.20. The molecule has 0 N–H and O–H groups in total. The summed E-state index contributed by atoms with van der Waals surface area (Å²) in [6.45, 7) is -0.874. The van der Waals surface area contributed by atoms with Gasteiger partial charge in [-0.05, 0) is 11.5 Å². The molecule has 0 atom stereocenters. The summed E-state index contributed by atoms with van der Waals surface area (Å²) in [5.41, 5.74) is -13.6. The van der Waals surface area contributed by atoms with Crippen molar-refractivity contribution >= 4 is 50.3 Å². The highest BCUT2D eigenvalue weighted by atomic mass is 19.2. The molecule has 0 bridgehead atoms. The van der Waals surface area contributed by atoms with Crippen molar-refractivity contribution in [1.82, 2.24) is 0 Å². The van der Waals surface area contributed by atoms with E-state index in [-0.39, 0.29) is 18.0 Å². The zero-order chi connectivity index (χ0) is 52.2. The highest BCUT2D eigenvalue weighted by molar-refractivity contribution is 7.20. The molecule has 364 valence electrons. The Hall–Kier alpha value is -7.87. The van der Waals surface area contributed by atoms with E-state index in [4.69, 9.17) is 0 Å². The molecule has 0 aliphatic heterocycles. The van der Waals surface area contributed by atoms with Crippen LogP contribution in [0, 0.1) is 126 Å².